The van der Waals surface area contributed by atoms with Gasteiger partial charge in [-0.1, -0.05) is 13.0 Å². The van der Waals surface area contributed by atoms with Crippen LogP contribution in [0.2, 0.25) is 0 Å². The predicted molar refractivity (Wildman–Crippen MR) is 109 cm³/mol. The second-order valence-electron chi connectivity index (χ2n) is 11.0. The van der Waals surface area contributed by atoms with E-state index in [0.717, 1.165) is 0 Å². The summed E-state index contributed by atoms with van der Waals surface area (Å²) in [4.78, 5) is 25.1. The zero-order valence-corrected chi connectivity index (χ0v) is 18.8. The van der Waals surface area contributed by atoms with Crippen molar-refractivity contribution < 1.29 is 38.1 Å². The smallest absolute Gasteiger partial charge is 0.193 e. The normalized spacial score (nSPS) is 51.2. The van der Waals surface area contributed by atoms with Crippen molar-refractivity contribution in [2.45, 2.75) is 82.6 Å². The van der Waals surface area contributed by atoms with Crippen molar-refractivity contribution in [2.75, 3.05) is 6.61 Å². The molecule has 176 valence electrons. The molecule has 0 radical (unpaired) electrons. The molecule has 5 rings (SSSR count). The highest BCUT2D eigenvalue weighted by Gasteiger charge is 2.80. The Balaban J connectivity index is 1.67. The zero-order valence-electron chi connectivity index (χ0n) is 18.8. The van der Waals surface area contributed by atoms with E-state index in [4.69, 9.17) is 9.47 Å². The van der Waals surface area contributed by atoms with Gasteiger partial charge in [0.05, 0.1) is 12.2 Å². The molecule has 0 aromatic rings. The lowest BCUT2D eigenvalue weighted by Crippen LogP contribution is -2.69. The predicted octanol–water partition coefficient (Wildman–Crippen LogP) is 2.72. The minimum atomic E-state index is -2.23. The Hall–Kier alpha value is -1.48. The summed E-state index contributed by atoms with van der Waals surface area (Å²) in [6, 6.07) is 0. The van der Waals surface area contributed by atoms with Crippen molar-refractivity contribution in [2.24, 2.45) is 22.7 Å². The highest BCUT2D eigenvalue weighted by molar-refractivity contribution is 5.94. The summed E-state index contributed by atoms with van der Waals surface area (Å²) in [7, 11) is 0. The van der Waals surface area contributed by atoms with E-state index in [-0.39, 0.29) is 37.0 Å². The van der Waals surface area contributed by atoms with Crippen LogP contribution in [0.5, 0.6) is 0 Å². The Kier molecular flexibility index (Phi) is 4.42. The van der Waals surface area contributed by atoms with Crippen molar-refractivity contribution in [3.8, 4) is 0 Å². The van der Waals surface area contributed by atoms with Gasteiger partial charge in [-0.3, -0.25) is 9.59 Å². The first-order valence-corrected chi connectivity index (χ1v) is 11.3. The number of hydrogen-bond donors (Lipinski definition) is 2. The lowest BCUT2D eigenvalue weighted by molar-refractivity contribution is -0.244. The number of hydrogen-bond acceptors (Lipinski definition) is 6. The zero-order chi connectivity index (χ0) is 23.5. The minimum absolute atomic E-state index is 0.0966. The van der Waals surface area contributed by atoms with Gasteiger partial charge in [0, 0.05) is 29.6 Å². The first kappa shape index (κ1) is 22.3. The fraction of sp³-hybridized carbons (Fsp3) is 0.750. The molecule has 0 bridgehead atoms. The van der Waals surface area contributed by atoms with E-state index in [1.165, 1.54) is 12.2 Å². The molecule has 1 saturated heterocycles. The van der Waals surface area contributed by atoms with Gasteiger partial charge in [-0.05, 0) is 51.2 Å². The Bertz CT molecular complexity index is 974. The molecule has 1 heterocycles. The highest BCUT2D eigenvalue weighted by atomic mass is 19.1. The summed E-state index contributed by atoms with van der Waals surface area (Å²) in [6.07, 6.45) is 0.0542. The average Bonchev–Trinajstić information content (AvgIpc) is 3.11. The number of fused-ring (bicyclic) bond motifs is 7. The molecular weight excluding hydrogens is 422 g/mol. The standard InChI is InChI=1S/C24H30F2O6/c1-20(2)31-19-9-13-14-8-16(25)15-7-12(28)5-6-21(15,3)23(14,26)17(29)10-22(13,4)24(19,32-20)18(30)11-27/h5-6,13-14,17,19,27,29H,7-11H2,1-4H3/t13?,14?,17-,19+,21-,22-,23-,24+/m0/s1. The van der Waals surface area contributed by atoms with E-state index < -0.39 is 70.1 Å². The molecular formula is C24H30F2O6. The average molecular weight is 452 g/mol. The number of carbonyl (C=O) groups is 2. The number of alkyl halides is 1. The second-order valence-corrected chi connectivity index (χ2v) is 11.0. The summed E-state index contributed by atoms with van der Waals surface area (Å²) in [5.41, 5.74) is -6.23. The third-order valence-electron chi connectivity index (χ3n) is 9.21. The van der Waals surface area contributed by atoms with Crippen LogP contribution in [-0.2, 0) is 19.1 Å². The van der Waals surface area contributed by atoms with Crippen molar-refractivity contribution in [1.82, 2.24) is 0 Å². The monoisotopic (exact) mass is 452 g/mol. The number of halogens is 2. The quantitative estimate of drug-likeness (QED) is 0.669. The van der Waals surface area contributed by atoms with Crippen molar-refractivity contribution >= 4 is 11.6 Å². The number of rotatable bonds is 2. The van der Waals surface area contributed by atoms with Crippen LogP contribution in [0.25, 0.3) is 0 Å². The summed E-state index contributed by atoms with van der Waals surface area (Å²) in [6.45, 7) is 5.88. The van der Waals surface area contributed by atoms with Crippen LogP contribution in [0.4, 0.5) is 8.78 Å². The maximum atomic E-state index is 17.1. The molecule has 0 amide bonds. The van der Waals surface area contributed by atoms with Crippen molar-refractivity contribution in [3.63, 3.8) is 0 Å². The van der Waals surface area contributed by atoms with Gasteiger partial charge in [0.25, 0.3) is 0 Å². The summed E-state index contributed by atoms with van der Waals surface area (Å²) < 4.78 is 44.8. The van der Waals surface area contributed by atoms with E-state index in [2.05, 4.69) is 0 Å². The number of aliphatic hydroxyl groups excluding tert-OH is 2. The van der Waals surface area contributed by atoms with Gasteiger partial charge in [0.2, 0.25) is 0 Å². The van der Waals surface area contributed by atoms with Crippen LogP contribution in [0.1, 0.15) is 53.4 Å². The molecule has 8 atom stereocenters. The highest BCUT2D eigenvalue weighted by Crippen LogP contribution is 2.72. The van der Waals surface area contributed by atoms with E-state index in [9.17, 15) is 19.8 Å². The Morgan fingerprint density at radius 3 is 2.59 bits per heavy atom. The largest absolute Gasteiger partial charge is 0.390 e. The lowest BCUT2D eigenvalue weighted by Gasteiger charge is -2.62. The van der Waals surface area contributed by atoms with E-state index in [1.54, 1.807) is 27.7 Å². The van der Waals surface area contributed by atoms with Gasteiger partial charge in [-0.25, -0.2) is 8.78 Å². The summed E-state index contributed by atoms with van der Waals surface area (Å²) >= 11 is 0. The van der Waals surface area contributed by atoms with Crippen LogP contribution in [0.15, 0.2) is 23.6 Å². The molecule has 6 nitrogen and oxygen atoms in total. The molecule has 8 heteroatoms. The van der Waals surface area contributed by atoms with Crippen molar-refractivity contribution in [3.05, 3.63) is 23.6 Å². The number of ketones is 2. The van der Waals surface area contributed by atoms with Gasteiger partial charge in [-0.15, -0.1) is 0 Å². The number of Topliss-reactive ketones (excluding diaryl/α,β-unsaturated/α-hetero) is 1. The fourth-order valence-corrected chi connectivity index (χ4v) is 7.89. The van der Waals surface area contributed by atoms with E-state index in [1.807, 2.05) is 0 Å². The van der Waals surface area contributed by atoms with Crippen molar-refractivity contribution in [1.29, 1.82) is 0 Å². The Morgan fingerprint density at radius 2 is 1.94 bits per heavy atom. The number of ether oxygens (including phenoxy) is 2. The van der Waals surface area contributed by atoms with Crippen LogP contribution in [-0.4, -0.2) is 57.7 Å². The van der Waals surface area contributed by atoms with Gasteiger partial charge >= 0.3 is 0 Å². The topological polar surface area (TPSA) is 93.1 Å². The van der Waals surface area contributed by atoms with Gasteiger partial charge in [0.15, 0.2) is 28.6 Å². The first-order valence-electron chi connectivity index (χ1n) is 11.3. The molecule has 3 fully saturated rings. The fourth-order valence-electron chi connectivity index (χ4n) is 7.89. The van der Waals surface area contributed by atoms with Gasteiger partial charge < -0.3 is 19.7 Å². The van der Waals surface area contributed by atoms with Crippen LogP contribution < -0.4 is 0 Å². The third kappa shape index (κ3) is 2.32. The van der Waals surface area contributed by atoms with Crippen LogP contribution in [0.3, 0.4) is 0 Å². The molecule has 2 saturated carbocycles. The number of allylic oxidation sites excluding steroid dienone is 4. The minimum Gasteiger partial charge on any atom is -0.390 e. The molecule has 5 aliphatic rings. The molecule has 2 unspecified atom stereocenters. The Labute approximate surface area is 185 Å². The molecule has 1 aliphatic heterocycles. The number of aliphatic hydroxyl groups is 2. The van der Waals surface area contributed by atoms with Crippen LogP contribution >= 0.6 is 0 Å². The molecule has 0 spiro atoms. The third-order valence-corrected chi connectivity index (χ3v) is 9.21. The molecule has 0 aromatic heterocycles. The molecule has 4 aliphatic carbocycles. The molecule has 0 aromatic carbocycles. The Morgan fingerprint density at radius 1 is 1.25 bits per heavy atom. The maximum Gasteiger partial charge on any atom is 0.193 e. The van der Waals surface area contributed by atoms with E-state index >= 15 is 8.78 Å². The maximum absolute atomic E-state index is 17.1. The van der Waals surface area contributed by atoms with E-state index in [0.29, 0.717) is 0 Å². The second kappa shape index (κ2) is 6.34. The molecule has 2 N–H and O–H groups in total. The summed E-state index contributed by atoms with van der Waals surface area (Å²) in [5.74, 6) is -3.98. The molecule has 32 heavy (non-hydrogen) atoms. The SMILES string of the molecule is CC1(C)O[C@@H]2CC3C4CC(F)=C5CC(=O)C=C[C@]5(C)[C@@]4(F)[C@@H](O)C[C@]3(C)[C@]2(C(=O)CO)O1. The van der Waals surface area contributed by atoms with Gasteiger partial charge in [-0.2, -0.15) is 0 Å². The first-order chi connectivity index (χ1) is 14.8. The van der Waals surface area contributed by atoms with Gasteiger partial charge in [0.1, 0.15) is 12.4 Å². The number of carbonyl (C=O) groups excluding carboxylic acids is 2. The lowest BCUT2D eigenvalue weighted by atomic mass is 9.45. The summed E-state index contributed by atoms with van der Waals surface area (Å²) in [5, 5.41) is 21.1. The van der Waals surface area contributed by atoms with Crippen LogP contribution in [0, 0.1) is 22.7 Å².